The zero-order valence-corrected chi connectivity index (χ0v) is 14.9. The number of carbonyl (C=O) groups excluding carboxylic acids is 1. The maximum Gasteiger partial charge on any atom is 0.266 e. The standard InChI is InChI=1S/C20H20N2OS/c1-4-22-19(23)17(13-16-11-6-5-7-12-16)24-20(22)21-18-14(2)9-8-10-15(18)3/h5-13H,4H2,1-3H3/b17-13+,21-20?. The number of aliphatic imine (C=N–C) groups is 1. The summed E-state index contributed by atoms with van der Waals surface area (Å²) >= 11 is 1.45. The molecule has 3 nitrogen and oxygen atoms in total. The number of carbonyl (C=O) groups is 1. The van der Waals surface area contributed by atoms with Crippen LogP contribution in [-0.4, -0.2) is 22.5 Å². The van der Waals surface area contributed by atoms with Gasteiger partial charge in [-0.3, -0.25) is 9.69 Å². The molecule has 1 saturated heterocycles. The SMILES string of the molecule is CCN1C(=O)/C(=C\c2ccccc2)SC1=Nc1c(C)cccc1C. The van der Waals surface area contributed by atoms with Gasteiger partial charge in [0.1, 0.15) is 0 Å². The Balaban J connectivity index is 1.99. The third-order valence-electron chi connectivity index (χ3n) is 3.95. The van der Waals surface area contributed by atoms with Crippen molar-refractivity contribution >= 4 is 34.6 Å². The summed E-state index contributed by atoms with van der Waals surface area (Å²) in [4.78, 5) is 19.9. The highest BCUT2D eigenvalue weighted by atomic mass is 32.2. The first-order valence-electron chi connectivity index (χ1n) is 8.01. The third kappa shape index (κ3) is 3.29. The quantitative estimate of drug-likeness (QED) is 0.745. The lowest BCUT2D eigenvalue weighted by Gasteiger charge is -2.13. The van der Waals surface area contributed by atoms with Crippen molar-refractivity contribution in [3.8, 4) is 0 Å². The van der Waals surface area contributed by atoms with Gasteiger partial charge >= 0.3 is 0 Å². The van der Waals surface area contributed by atoms with E-state index < -0.39 is 0 Å². The van der Waals surface area contributed by atoms with Crippen LogP contribution in [0.25, 0.3) is 6.08 Å². The van der Waals surface area contributed by atoms with Crippen LogP contribution in [0.1, 0.15) is 23.6 Å². The number of para-hydroxylation sites is 1. The average molecular weight is 336 g/mol. The molecule has 2 aromatic rings. The predicted molar refractivity (Wildman–Crippen MR) is 102 cm³/mol. The summed E-state index contributed by atoms with van der Waals surface area (Å²) in [6.07, 6.45) is 1.93. The van der Waals surface area contributed by atoms with Crippen molar-refractivity contribution in [2.45, 2.75) is 20.8 Å². The minimum absolute atomic E-state index is 0.0244. The molecule has 24 heavy (non-hydrogen) atoms. The fourth-order valence-corrected chi connectivity index (χ4v) is 3.70. The number of amidine groups is 1. The molecule has 4 heteroatoms. The largest absolute Gasteiger partial charge is 0.287 e. The van der Waals surface area contributed by atoms with Crippen LogP contribution in [0.2, 0.25) is 0 Å². The molecule has 1 heterocycles. The maximum absolute atomic E-state index is 12.7. The van der Waals surface area contributed by atoms with Gasteiger partial charge in [0, 0.05) is 6.54 Å². The second kappa shape index (κ2) is 7.05. The minimum atomic E-state index is 0.0244. The Kier molecular flexibility index (Phi) is 4.86. The number of benzene rings is 2. The zero-order valence-electron chi connectivity index (χ0n) is 14.1. The van der Waals surface area contributed by atoms with E-state index in [1.54, 1.807) is 4.90 Å². The molecule has 1 amide bonds. The van der Waals surface area contributed by atoms with Crippen LogP contribution >= 0.6 is 11.8 Å². The van der Waals surface area contributed by atoms with Gasteiger partial charge in [-0.25, -0.2) is 4.99 Å². The van der Waals surface area contributed by atoms with Gasteiger partial charge in [0.05, 0.1) is 10.6 Å². The molecule has 0 unspecified atom stereocenters. The normalized spacial score (nSPS) is 18.0. The van der Waals surface area contributed by atoms with Crippen molar-refractivity contribution in [3.63, 3.8) is 0 Å². The molecule has 0 saturated carbocycles. The lowest BCUT2D eigenvalue weighted by molar-refractivity contribution is -0.122. The first-order chi connectivity index (χ1) is 11.6. The average Bonchev–Trinajstić information content (AvgIpc) is 2.87. The van der Waals surface area contributed by atoms with E-state index in [9.17, 15) is 4.79 Å². The van der Waals surface area contributed by atoms with E-state index in [4.69, 9.17) is 4.99 Å². The van der Waals surface area contributed by atoms with Crippen LogP contribution in [0.5, 0.6) is 0 Å². The molecule has 1 aliphatic heterocycles. The molecule has 0 radical (unpaired) electrons. The van der Waals surface area contributed by atoms with E-state index in [1.165, 1.54) is 11.8 Å². The number of hydrogen-bond acceptors (Lipinski definition) is 3. The molecule has 1 aliphatic rings. The van der Waals surface area contributed by atoms with Crippen molar-refractivity contribution in [1.82, 2.24) is 4.90 Å². The third-order valence-corrected chi connectivity index (χ3v) is 4.96. The molecule has 0 atom stereocenters. The number of amides is 1. The van der Waals surface area contributed by atoms with Crippen molar-refractivity contribution in [3.05, 3.63) is 70.1 Å². The first-order valence-corrected chi connectivity index (χ1v) is 8.83. The monoisotopic (exact) mass is 336 g/mol. The Morgan fingerprint density at radius 1 is 1.04 bits per heavy atom. The molecule has 0 aliphatic carbocycles. The van der Waals surface area contributed by atoms with E-state index >= 15 is 0 Å². The first kappa shape index (κ1) is 16.5. The van der Waals surface area contributed by atoms with Crippen molar-refractivity contribution < 1.29 is 4.79 Å². The van der Waals surface area contributed by atoms with Gasteiger partial charge in [-0.2, -0.15) is 0 Å². The van der Waals surface area contributed by atoms with Crippen molar-refractivity contribution in [2.24, 2.45) is 4.99 Å². The lowest BCUT2D eigenvalue weighted by Crippen LogP contribution is -2.28. The number of thioether (sulfide) groups is 1. The van der Waals surface area contributed by atoms with Crippen LogP contribution in [0, 0.1) is 13.8 Å². The predicted octanol–water partition coefficient (Wildman–Crippen LogP) is 4.93. The fraction of sp³-hybridized carbons (Fsp3) is 0.200. The van der Waals surface area contributed by atoms with Crippen molar-refractivity contribution in [2.75, 3.05) is 6.54 Å². The van der Waals surface area contributed by atoms with E-state index in [0.29, 0.717) is 11.4 Å². The number of likely N-dealkylation sites (N-methyl/N-ethyl adjacent to an activating group) is 1. The van der Waals surface area contributed by atoms with E-state index in [1.807, 2.05) is 75.4 Å². The van der Waals surface area contributed by atoms with Gasteiger partial charge in [0.2, 0.25) is 0 Å². The van der Waals surface area contributed by atoms with Gasteiger partial charge in [0.15, 0.2) is 5.17 Å². The number of rotatable bonds is 3. The Hall–Kier alpha value is -2.33. The Bertz CT molecular complexity index is 805. The summed E-state index contributed by atoms with van der Waals surface area (Å²) in [5, 5.41) is 0.752. The number of nitrogens with zero attached hydrogens (tertiary/aromatic N) is 2. The molecular formula is C20H20N2OS. The van der Waals surface area contributed by atoms with Crippen molar-refractivity contribution in [1.29, 1.82) is 0 Å². The summed E-state index contributed by atoms with van der Waals surface area (Å²) in [5.74, 6) is 0.0244. The molecule has 0 aromatic heterocycles. The van der Waals surface area contributed by atoms with Gasteiger partial charge in [0.25, 0.3) is 5.91 Å². The minimum Gasteiger partial charge on any atom is -0.287 e. The molecule has 1 fully saturated rings. The van der Waals surface area contributed by atoms with Gasteiger partial charge in [-0.05, 0) is 55.3 Å². The van der Waals surface area contributed by atoms with Crippen LogP contribution in [0.15, 0.2) is 58.4 Å². The number of aryl methyl sites for hydroxylation is 2. The highest BCUT2D eigenvalue weighted by Crippen LogP contribution is 2.35. The maximum atomic E-state index is 12.7. The Morgan fingerprint density at radius 3 is 2.33 bits per heavy atom. The lowest BCUT2D eigenvalue weighted by atomic mass is 10.1. The summed E-state index contributed by atoms with van der Waals surface area (Å²) < 4.78 is 0. The van der Waals surface area contributed by atoms with E-state index in [0.717, 1.165) is 27.5 Å². The number of hydrogen-bond donors (Lipinski definition) is 0. The second-order valence-corrected chi connectivity index (χ2v) is 6.71. The zero-order chi connectivity index (χ0) is 17.1. The fourth-order valence-electron chi connectivity index (χ4n) is 2.65. The van der Waals surface area contributed by atoms with Gasteiger partial charge in [-0.15, -0.1) is 0 Å². The molecule has 0 bridgehead atoms. The molecule has 0 N–H and O–H groups in total. The van der Waals surface area contributed by atoms with Crippen LogP contribution in [-0.2, 0) is 4.79 Å². The molecular weight excluding hydrogens is 316 g/mol. The smallest absolute Gasteiger partial charge is 0.266 e. The highest BCUT2D eigenvalue weighted by molar-refractivity contribution is 8.18. The molecule has 122 valence electrons. The van der Waals surface area contributed by atoms with Gasteiger partial charge in [-0.1, -0.05) is 48.5 Å². The topological polar surface area (TPSA) is 32.7 Å². The van der Waals surface area contributed by atoms with E-state index in [-0.39, 0.29) is 5.91 Å². The van der Waals surface area contributed by atoms with E-state index in [2.05, 4.69) is 0 Å². The Morgan fingerprint density at radius 2 is 1.71 bits per heavy atom. The highest BCUT2D eigenvalue weighted by Gasteiger charge is 2.32. The molecule has 0 spiro atoms. The van der Waals surface area contributed by atoms with Crippen LogP contribution in [0.4, 0.5) is 5.69 Å². The molecule has 3 rings (SSSR count). The second-order valence-electron chi connectivity index (χ2n) is 5.71. The van der Waals surface area contributed by atoms with Crippen LogP contribution < -0.4 is 0 Å². The summed E-state index contributed by atoms with van der Waals surface area (Å²) in [6, 6.07) is 16.0. The summed E-state index contributed by atoms with van der Waals surface area (Å²) in [6.45, 7) is 6.68. The van der Waals surface area contributed by atoms with Crippen LogP contribution in [0.3, 0.4) is 0 Å². The Labute approximate surface area is 147 Å². The van der Waals surface area contributed by atoms with Gasteiger partial charge < -0.3 is 0 Å². The molecule has 2 aromatic carbocycles. The summed E-state index contributed by atoms with van der Waals surface area (Å²) in [5.41, 5.74) is 4.21. The summed E-state index contributed by atoms with van der Waals surface area (Å²) in [7, 11) is 0.